The van der Waals surface area contributed by atoms with Crippen molar-refractivity contribution in [3.05, 3.63) is 35.1 Å². The average Bonchev–Trinajstić information content (AvgIpc) is 2.50. The SMILES string of the molecule is CSC1(C#N)CCN(Cc2ccc(F)c(C#N)c2)CC1. The first kappa shape index (κ1) is 14.8. The second-order valence-electron chi connectivity index (χ2n) is 5.01. The average molecular weight is 289 g/mol. The highest BCUT2D eigenvalue weighted by Gasteiger charge is 2.33. The molecule has 0 unspecified atom stereocenters. The number of rotatable bonds is 3. The van der Waals surface area contributed by atoms with Crippen LogP contribution >= 0.6 is 11.8 Å². The van der Waals surface area contributed by atoms with Crippen molar-refractivity contribution in [1.29, 1.82) is 10.5 Å². The number of halogens is 1. The standard InChI is InChI=1S/C15H16FN3S/c1-20-15(11-18)4-6-19(7-5-15)10-12-2-3-14(16)13(8-12)9-17/h2-3,8H,4-7,10H2,1H3. The van der Waals surface area contributed by atoms with Gasteiger partial charge in [0.05, 0.1) is 11.6 Å². The van der Waals surface area contributed by atoms with E-state index in [1.54, 1.807) is 23.9 Å². The third-order valence-electron chi connectivity index (χ3n) is 3.82. The Bertz CT molecular complexity index is 565. The number of nitriles is 2. The molecule has 0 atom stereocenters. The van der Waals surface area contributed by atoms with E-state index in [1.807, 2.05) is 12.3 Å². The lowest BCUT2D eigenvalue weighted by Crippen LogP contribution is -2.41. The van der Waals surface area contributed by atoms with Gasteiger partial charge in [-0.1, -0.05) is 6.07 Å². The monoisotopic (exact) mass is 289 g/mol. The Balaban J connectivity index is 2.00. The maximum atomic E-state index is 13.3. The first-order chi connectivity index (χ1) is 9.62. The van der Waals surface area contributed by atoms with Gasteiger partial charge in [0.15, 0.2) is 0 Å². The molecule has 5 heteroatoms. The lowest BCUT2D eigenvalue weighted by Gasteiger charge is -2.36. The Labute approximate surface area is 123 Å². The van der Waals surface area contributed by atoms with Gasteiger partial charge in [-0.2, -0.15) is 10.5 Å². The fourth-order valence-corrected chi connectivity index (χ4v) is 3.13. The first-order valence-electron chi connectivity index (χ1n) is 6.50. The number of nitrogens with zero attached hydrogens (tertiary/aromatic N) is 3. The van der Waals surface area contributed by atoms with E-state index in [9.17, 15) is 9.65 Å². The lowest BCUT2D eigenvalue weighted by molar-refractivity contribution is 0.209. The van der Waals surface area contributed by atoms with Crippen molar-refractivity contribution >= 4 is 11.8 Å². The van der Waals surface area contributed by atoms with Crippen LogP contribution in [0.4, 0.5) is 4.39 Å². The minimum absolute atomic E-state index is 0.0926. The molecular formula is C15H16FN3S. The molecule has 1 fully saturated rings. The van der Waals surface area contributed by atoms with Crippen molar-refractivity contribution in [3.63, 3.8) is 0 Å². The summed E-state index contributed by atoms with van der Waals surface area (Å²) in [5, 5.41) is 18.1. The van der Waals surface area contributed by atoms with Crippen LogP contribution in [-0.4, -0.2) is 29.0 Å². The molecule has 1 heterocycles. The van der Waals surface area contributed by atoms with E-state index in [0.29, 0.717) is 6.54 Å². The van der Waals surface area contributed by atoms with Crippen LogP contribution in [0.2, 0.25) is 0 Å². The number of hydrogen-bond donors (Lipinski definition) is 0. The van der Waals surface area contributed by atoms with Gasteiger partial charge < -0.3 is 0 Å². The zero-order valence-electron chi connectivity index (χ0n) is 11.4. The molecule has 1 aliphatic rings. The minimum atomic E-state index is -0.472. The summed E-state index contributed by atoms with van der Waals surface area (Å²) in [7, 11) is 0. The van der Waals surface area contributed by atoms with Gasteiger partial charge in [-0.15, -0.1) is 11.8 Å². The van der Waals surface area contributed by atoms with Crippen molar-refractivity contribution in [2.45, 2.75) is 24.1 Å². The van der Waals surface area contributed by atoms with Crippen molar-refractivity contribution in [2.75, 3.05) is 19.3 Å². The summed E-state index contributed by atoms with van der Waals surface area (Å²) in [5.74, 6) is -0.472. The van der Waals surface area contributed by atoms with Crippen LogP contribution in [0.15, 0.2) is 18.2 Å². The Kier molecular flexibility index (Phi) is 4.65. The summed E-state index contributed by atoms with van der Waals surface area (Å²) >= 11 is 1.63. The van der Waals surface area contributed by atoms with E-state index < -0.39 is 5.82 Å². The van der Waals surface area contributed by atoms with Crippen LogP contribution in [0, 0.1) is 28.5 Å². The number of hydrogen-bond acceptors (Lipinski definition) is 4. The fourth-order valence-electron chi connectivity index (χ4n) is 2.45. The second kappa shape index (κ2) is 6.26. The summed E-state index contributed by atoms with van der Waals surface area (Å²) in [6.45, 7) is 2.41. The Hall–Kier alpha value is -1.56. The molecule has 0 spiro atoms. The highest BCUT2D eigenvalue weighted by atomic mass is 32.2. The molecule has 0 aliphatic carbocycles. The molecule has 1 aromatic carbocycles. The van der Waals surface area contributed by atoms with Gasteiger partial charge in [0.2, 0.25) is 0 Å². The van der Waals surface area contributed by atoms with E-state index in [-0.39, 0.29) is 10.3 Å². The zero-order valence-corrected chi connectivity index (χ0v) is 12.2. The van der Waals surface area contributed by atoms with Crippen molar-refractivity contribution in [3.8, 4) is 12.1 Å². The Morgan fingerprint density at radius 1 is 1.35 bits per heavy atom. The van der Waals surface area contributed by atoms with E-state index in [1.165, 1.54) is 6.07 Å². The molecule has 2 rings (SSSR count). The van der Waals surface area contributed by atoms with Crippen LogP contribution in [0.25, 0.3) is 0 Å². The van der Waals surface area contributed by atoms with Crippen molar-refractivity contribution in [2.24, 2.45) is 0 Å². The number of thioether (sulfide) groups is 1. The van der Waals surface area contributed by atoms with Crippen molar-refractivity contribution < 1.29 is 4.39 Å². The summed E-state index contributed by atoms with van der Waals surface area (Å²) in [4.78, 5) is 2.25. The van der Waals surface area contributed by atoms with Crippen LogP contribution in [0.3, 0.4) is 0 Å². The van der Waals surface area contributed by atoms with Crippen LogP contribution in [-0.2, 0) is 6.54 Å². The molecule has 0 aromatic heterocycles. The second-order valence-corrected chi connectivity index (χ2v) is 6.20. The third kappa shape index (κ3) is 3.12. The number of piperidine rings is 1. The maximum Gasteiger partial charge on any atom is 0.140 e. The Morgan fingerprint density at radius 2 is 2.05 bits per heavy atom. The molecular weight excluding hydrogens is 273 g/mol. The third-order valence-corrected chi connectivity index (χ3v) is 5.10. The maximum absolute atomic E-state index is 13.3. The summed E-state index contributed by atoms with van der Waals surface area (Å²) in [6.07, 6.45) is 3.67. The molecule has 0 radical (unpaired) electrons. The molecule has 20 heavy (non-hydrogen) atoms. The lowest BCUT2D eigenvalue weighted by atomic mass is 9.97. The Morgan fingerprint density at radius 3 is 2.60 bits per heavy atom. The minimum Gasteiger partial charge on any atom is -0.299 e. The zero-order chi connectivity index (χ0) is 14.6. The summed E-state index contributed by atoms with van der Waals surface area (Å²) < 4.78 is 13.0. The molecule has 1 aromatic rings. The van der Waals surface area contributed by atoms with E-state index in [0.717, 1.165) is 31.5 Å². The number of benzene rings is 1. The molecule has 1 saturated heterocycles. The van der Waals surface area contributed by atoms with Crippen LogP contribution in [0.5, 0.6) is 0 Å². The normalized spacial score (nSPS) is 18.2. The number of likely N-dealkylation sites (tertiary alicyclic amines) is 1. The highest BCUT2D eigenvalue weighted by Crippen LogP contribution is 2.34. The van der Waals surface area contributed by atoms with E-state index in [4.69, 9.17) is 5.26 Å². The fraction of sp³-hybridized carbons (Fsp3) is 0.467. The molecule has 1 aliphatic heterocycles. The van der Waals surface area contributed by atoms with Gasteiger partial charge in [0.1, 0.15) is 16.6 Å². The summed E-state index contributed by atoms with van der Waals surface area (Å²) in [6, 6.07) is 8.96. The molecule has 0 amide bonds. The van der Waals surface area contributed by atoms with E-state index in [2.05, 4.69) is 11.0 Å². The summed E-state index contributed by atoms with van der Waals surface area (Å²) in [5.41, 5.74) is 1.03. The van der Waals surface area contributed by atoms with Crippen LogP contribution in [0.1, 0.15) is 24.0 Å². The van der Waals surface area contributed by atoms with Gasteiger partial charge in [0.25, 0.3) is 0 Å². The molecule has 3 nitrogen and oxygen atoms in total. The predicted molar refractivity (Wildman–Crippen MR) is 77.5 cm³/mol. The molecule has 104 valence electrons. The first-order valence-corrected chi connectivity index (χ1v) is 7.72. The van der Waals surface area contributed by atoms with Gasteiger partial charge >= 0.3 is 0 Å². The van der Waals surface area contributed by atoms with Gasteiger partial charge in [-0.05, 0) is 36.8 Å². The quantitative estimate of drug-likeness (QED) is 0.858. The topological polar surface area (TPSA) is 50.8 Å². The van der Waals surface area contributed by atoms with Gasteiger partial charge in [-0.3, -0.25) is 4.90 Å². The van der Waals surface area contributed by atoms with E-state index >= 15 is 0 Å². The predicted octanol–water partition coefficient (Wildman–Crippen LogP) is 2.92. The van der Waals surface area contributed by atoms with Crippen molar-refractivity contribution in [1.82, 2.24) is 4.90 Å². The largest absolute Gasteiger partial charge is 0.299 e. The molecule has 0 saturated carbocycles. The van der Waals surface area contributed by atoms with Gasteiger partial charge in [-0.25, -0.2) is 4.39 Å². The molecule has 0 bridgehead atoms. The smallest absolute Gasteiger partial charge is 0.140 e. The van der Waals surface area contributed by atoms with Crippen LogP contribution < -0.4 is 0 Å². The highest BCUT2D eigenvalue weighted by molar-refractivity contribution is 8.00. The molecule has 0 N–H and O–H groups in total. The van der Waals surface area contributed by atoms with Gasteiger partial charge in [0, 0.05) is 19.6 Å².